The highest BCUT2D eigenvalue weighted by Gasteiger charge is 2.24. The van der Waals surface area contributed by atoms with E-state index in [4.69, 9.17) is 9.15 Å². The second-order valence-corrected chi connectivity index (χ2v) is 7.70. The van der Waals surface area contributed by atoms with Crippen LogP contribution in [0.15, 0.2) is 69.2 Å². The maximum atomic E-state index is 12.9. The monoisotopic (exact) mass is 433 g/mol. The number of thiophene rings is 1. The standard InChI is InChI=1S/C24H19NO5S/c1-3-29-24(28)20-17(15-9-5-4-6-10-15)13-31-23(20)25-22(27)19-12-18(26)16-11-7-8-14(2)21(16)30-19/h4-13H,3H2,1-2H3,(H,25,27). The first kappa shape index (κ1) is 20.6. The third kappa shape index (κ3) is 4.00. The molecule has 0 unspecified atom stereocenters. The van der Waals surface area contributed by atoms with E-state index in [9.17, 15) is 14.4 Å². The molecule has 2 heterocycles. The summed E-state index contributed by atoms with van der Waals surface area (Å²) in [4.78, 5) is 38.0. The van der Waals surface area contributed by atoms with Crippen LogP contribution in [0.2, 0.25) is 0 Å². The highest BCUT2D eigenvalue weighted by Crippen LogP contribution is 2.36. The number of anilines is 1. The molecule has 0 bridgehead atoms. The zero-order valence-corrected chi connectivity index (χ0v) is 17.7. The van der Waals surface area contributed by atoms with Crippen molar-refractivity contribution in [2.45, 2.75) is 13.8 Å². The first-order chi connectivity index (χ1) is 15.0. The van der Waals surface area contributed by atoms with Gasteiger partial charge in [0.25, 0.3) is 5.91 Å². The van der Waals surface area contributed by atoms with Gasteiger partial charge in [-0.15, -0.1) is 11.3 Å². The molecular weight excluding hydrogens is 414 g/mol. The molecule has 0 atom stereocenters. The number of para-hydroxylation sites is 1. The smallest absolute Gasteiger partial charge is 0.341 e. The Morgan fingerprint density at radius 1 is 1.10 bits per heavy atom. The van der Waals surface area contributed by atoms with Crippen LogP contribution in [0.25, 0.3) is 22.1 Å². The minimum Gasteiger partial charge on any atom is -0.462 e. The number of carbonyl (C=O) groups excluding carboxylic acids is 2. The molecule has 0 aliphatic rings. The maximum absolute atomic E-state index is 12.9. The van der Waals surface area contributed by atoms with Crippen LogP contribution in [-0.2, 0) is 4.74 Å². The molecule has 0 saturated heterocycles. The van der Waals surface area contributed by atoms with E-state index >= 15 is 0 Å². The van der Waals surface area contributed by atoms with E-state index < -0.39 is 11.9 Å². The fraction of sp³-hybridized carbons (Fsp3) is 0.125. The first-order valence-electron chi connectivity index (χ1n) is 9.68. The molecule has 1 N–H and O–H groups in total. The van der Waals surface area contributed by atoms with E-state index in [1.165, 1.54) is 11.3 Å². The van der Waals surface area contributed by atoms with Crippen LogP contribution in [0.1, 0.15) is 33.4 Å². The number of rotatable bonds is 5. The van der Waals surface area contributed by atoms with Gasteiger partial charge in [0.2, 0.25) is 0 Å². The Morgan fingerprint density at radius 2 is 1.87 bits per heavy atom. The van der Waals surface area contributed by atoms with E-state index in [2.05, 4.69) is 5.32 Å². The SMILES string of the molecule is CCOC(=O)c1c(-c2ccccc2)csc1NC(=O)c1cc(=O)c2cccc(C)c2o1. The molecule has 2 aromatic heterocycles. The molecule has 1 amide bonds. The van der Waals surface area contributed by atoms with Crippen molar-refractivity contribution >= 4 is 39.2 Å². The minimum atomic E-state index is -0.616. The van der Waals surface area contributed by atoms with Crippen LogP contribution in [0, 0.1) is 6.92 Å². The molecule has 0 aliphatic heterocycles. The van der Waals surface area contributed by atoms with Crippen LogP contribution in [-0.4, -0.2) is 18.5 Å². The number of hydrogen-bond acceptors (Lipinski definition) is 6. The lowest BCUT2D eigenvalue weighted by Crippen LogP contribution is -2.17. The van der Waals surface area contributed by atoms with Gasteiger partial charge in [0.15, 0.2) is 11.2 Å². The Balaban J connectivity index is 1.74. The lowest BCUT2D eigenvalue weighted by atomic mass is 10.0. The van der Waals surface area contributed by atoms with Gasteiger partial charge in [-0.05, 0) is 31.0 Å². The lowest BCUT2D eigenvalue weighted by molar-refractivity contribution is 0.0529. The van der Waals surface area contributed by atoms with Crippen molar-refractivity contribution in [3.8, 4) is 11.1 Å². The van der Waals surface area contributed by atoms with E-state index in [-0.39, 0.29) is 23.4 Å². The van der Waals surface area contributed by atoms with Gasteiger partial charge >= 0.3 is 5.97 Å². The van der Waals surface area contributed by atoms with Crippen LogP contribution in [0.4, 0.5) is 5.00 Å². The third-order valence-corrected chi connectivity index (χ3v) is 5.65. The zero-order valence-electron chi connectivity index (χ0n) is 16.9. The summed E-state index contributed by atoms with van der Waals surface area (Å²) in [5.74, 6) is -1.28. The van der Waals surface area contributed by atoms with Crippen LogP contribution < -0.4 is 10.7 Å². The van der Waals surface area contributed by atoms with Crippen molar-refractivity contribution in [3.05, 3.63) is 87.1 Å². The lowest BCUT2D eigenvalue weighted by Gasteiger charge is -2.09. The molecule has 6 nitrogen and oxygen atoms in total. The summed E-state index contributed by atoms with van der Waals surface area (Å²) in [5.41, 5.74) is 2.56. The van der Waals surface area contributed by atoms with E-state index in [0.29, 0.717) is 21.5 Å². The minimum absolute atomic E-state index is 0.128. The Morgan fingerprint density at radius 3 is 2.61 bits per heavy atom. The predicted octanol–water partition coefficient (Wildman–Crippen LogP) is 5.26. The van der Waals surface area contributed by atoms with Crippen molar-refractivity contribution < 1.29 is 18.7 Å². The molecule has 2 aromatic carbocycles. The predicted molar refractivity (Wildman–Crippen MR) is 121 cm³/mol. The molecule has 7 heteroatoms. The number of benzene rings is 2. The number of esters is 1. The summed E-state index contributed by atoms with van der Waals surface area (Å²) in [6.45, 7) is 3.73. The molecule has 0 radical (unpaired) electrons. The van der Waals surface area contributed by atoms with Gasteiger partial charge in [-0.1, -0.05) is 42.5 Å². The average Bonchev–Trinajstić information content (AvgIpc) is 3.18. The summed E-state index contributed by atoms with van der Waals surface area (Å²) in [6, 6.07) is 15.7. The molecule has 0 spiro atoms. The molecule has 31 heavy (non-hydrogen) atoms. The number of nitrogens with one attached hydrogen (secondary N) is 1. The molecule has 156 valence electrons. The molecule has 0 fully saturated rings. The Labute approximate surface area is 182 Å². The quantitative estimate of drug-likeness (QED) is 0.434. The van der Waals surface area contributed by atoms with Gasteiger partial charge in [0.1, 0.15) is 16.1 Å². The highest BCUT2D eigenvalue weighted by atomic mass is 32.1. The van der Waals surface area contributed by atoms with E-state index in [1.54, 1.807) is 37.4 Å². The Hall–Kier alpha value is -3.71. The van der Waals surface area contributed by atoms with Crippen LogP contribution >= 0.6 is 11.3 Å². The average molecular weight is 433 g/mol. The molecule has 4 aromatic rings. The molecular formula is C24H19NO5S. The van der Waals surface area contributed by atoms with Gasteiger partial charge in [0, 0.05) is 17.0 Å². The second-order valence-electron chi connectivity index (χ2n) is 6.82. The van der Waals surface area contributed by atoms with Crippen LogP contribution in [0.5, 0.6) is 0 Å². The van der Waals surface area contributed by atoms with Crippen molar-refractivity contribution in [1.82, 2.24) is 0 Å². The van der Waals surface area contributed by atoms with Gasteiger partial charge < -0.3 is 14.5 Å². The first-order valence-corrected chi connectivity index (χ1v) is 10.6. The van der Waals surface area contributed by atoms with Crippen molar-refractivity contribution in [3.63, 3.8) is 0 Å². The molecule has 0 aliphatic carbocycles. The molecule has 0 saturated carbocycles. The topological polar surface area (TPSA) is 85.6 Å². The number of hydrogen-bond donors (Lipinski definition) is 1. The normalized spacial score (nSPS) is 10.8. The van der Waals surface area contributed by atoms with Gasteiger partial charge in [-0.25, -0.2) is 4.79 Å². The summed E-state index contributed by atoms with van der Waals surface area (Å²) >= 11 is 1.21. The fourth-order valence-electron chi connectivity index (χ4n) is 3.28. The Kier molecular flexibility index (Phi) is 5.68. The van der Waals surface area contributed by atoms with Gasteiger partial charge in [0.05, 0.1) is 12.0 Å². The number of fused-ring (bicyclic) bond motifs is 1. The summed E-state index contributed by atoms with van der Waals surface area (Å²) in [6.07, 6.45) is 0. The maximum Gasteiger partial charge on any atom is 0.341 e. The number of aryl methyl sites for hydroxylation is 1. The van der Waals surface area contributed by atoms with E-state index in [1.807, 2.05) is 30.3 Å². The largest absolute Gasteiger partial charge is 0.462 e. The van der Waals surface area contributed by atoms with Crippen molar-refractivity contribution in [2.24, 2.45) is 0 Å². The Bertz CT molecular complexity index is 1340. The summed E-state index contributed by atoms with van der Waals surface area (Å²) < 4.78 is 10.9. The summed E-state index contributed by atoms with van der Waals surface area (Å²) in [5, 5.41) is 5.24. The molecule has 4 rings (SSSR count). The van der Waals surface area contributed by atoms with E-state index in [0.717, 1.165) is 17.2 Å². The van der Waals surface area contributed by atoms with Crippen LogP contribution in [0.3, 0.4) is 0 Å². The highest BCUT2D eigenvalue weighted by molar-refractivity contribution is 7.15. The second kappa shape index (κ2) is 8.57. The van der Waals surface area contributed by atoms with Crippen molar-refractivity contribution in [1.29, 1.82) is 0 Å². The number of ether oxygens (including phenoxy) is 1. The van der Waals surface area contributed by atoms with Gasteiger partial charge in [-0.2, -0.15) is 0 Å². The number of carbonyl (C=O) groups is 2. The third-order valence-electron chi connectivity index (χ3n) is 4.76. The van der Waals surface area contributed by atoms with Gasteiger partial charge in [-0.3, -0.25) is 9.59 Å². The zero-order chi connectivity index (χ0) is 22.0. The summed E-state index contributed by atoms with van der Waals surface area (Å²) in [7, 11) is 0. The van der Waals surface area contributed by atoms with Crippen molar-refractivity contribution in [2.75, 3.05) is 11.9 Å². The number of amides is 1. The fourth-order valence-corrected chi connectivity index (χ4v) is 4.23.